The molecule has 0 saturated carbocycles. The number of aliphatic hydroxyl groups is 1. The molecule has 1 N–H and O–H groups in total. The van der Waals surface area contributed by atoms with Gasteiger partial charge in [-0.15, -0.1) is 0 Å². The predicted octanol–water partition coefficient (Wildman–Crippen LogP) is 1.10. The molecule has 0 aliphatic carbocycles. The number of ether oxygens (including phenoxy) is 2. The second kappa shape index (κ2) is 6.73. The minimum absolute atomic E-state index is 0.161. The van der Waals surface area contributed by atoms with Crippen LogP contribution in [0.4, 0.5) is 0 Å². The number of methoxy groups -OCH3 is 1. The first-order valence-corrected chi connectivity index (χ1v) is 6.38. The number of nitrogens with zero attached hydrogens (tertiary/aromatic N) is 1. The van der Waals surface area contributed by atoms with Gasteiger partial charge in [0.05, 0.1) is 26.9 Å². The summed E-state index contributed by atoms with van der Waals surface area (Å²) in [5.41, 5.74) is 1.16. The highest BCUT2D eigenvalue weighted by atomic mass is 16.5. The lowest BCUT2D eigenvalue weighted by Crippen LogP contribution is -2.39. The molecular formula is C14H21NO3. The monoisotopic (exact) mass is 251 g/mol. The maximum absolute atomic E-state index is 9.55. The number of aliphatic hydroxyl groups excluding tert-OH is 1. The molecule has 1 saturated heterocycles. The zero-order valence-corrected chi connectivity index (χ0v) is 10.8. The van der Waals surface area contributed by atoms with Crippen LogP contribution < -0.4 is 4.74 Å². The van der Waals surface area contributed by atoms with Crippen LogP contribution in [0.1, 0.15) is 11.5 Å². The Morgan fingerprint density at radius 2 is 1.94 bits per heavy atom. The molecule has 1 aliphatic heterocycles. The SMILES string of the molecule is COc1ccc(C(CO)CN2CCOCC2)cc1. The van der Waals surface area contributed by atoms with E-state index in [9.17, 15) is 5.11 Å². The zero-order chi connectivity index (χ0) is 12.8. The summed E-state index contributed by atoms with van der Waals surface area (Å²) in [4.78, 5) is 2.34. The number of hydrogen-bond acceptors (Lipinski definition) is 4. The van der Waals surface area contributed by atoms with Gasteiger partial charge in [0.2, 0.25) is 0 Å². The molecule has 4 nitrogen and oxygen atoms in total. The third-order valence-corrected chi connectivity index (χ3v) is 3.39. The van der Waals surface area contributed by atoms with Crippen LogP contribution in [0, 0.1) is 0 Å². The Bertz CT molecular complexity index is 347. The van der Waals surface area contributed by atoms with E-state index in [1.54, 1.807) is 7.11 Å². The molecule has 0 bridgehead atoms. The first kappa shape index (κ1) is 13.3. The molecule has 2 rings (SSSR count). The van der Waals surface area contributed by atoms with Crippen LogP contribution in [0.5, 0.6) is 5.75 Å². The Labute approximate surface area is 108 Å². The average Bonchev–Trinajstić information content (AvgIpc) is 2.46. The summed E-state index contributed by atoms with van der Waals surface area (Å²) in [6.45, 7) is 4.54. The molecule has 0 amide bonds. The smallest absolute Gasteiger partial charge is 0.118 e. The van der Waals surface area contributed by atoms with Crippen molar-refractivity contribution >= 4 is 0 Å². The van der Waals surface area contributed by atoms with Crippen molar-refractivity contribution < 1.29 is 14.6 Å². The van der Waals surface area contributed by atoms with E-state index in [1.165, 1.54) is 0 Å². The number of hydrogen-bond donors (Lipinski definition) is 1. The fourth-order valence-electron chi connectivity index (χ4n) is 2.24. The molecule has 1 aromatic carbocycles. The first-order chi connectivity index (χ1) is 8.83. The topological polar surface area (TPSA) is 41.9 Å². The van der Waals surface area contributed by atoms with Crippen LogP contribution in [-0.2, 0) is 4.74 Å². The third-order valence-electron chi connectivity index (χ3n) is 3.39. The van der Waals surface area contributed by atoms with E-state index >= 15 is 0 Å². The summed E-state index contributed by atoms with van der Waals surface area (Å²) in [5.74, 6) is 1.01. The van der Waals surface area contributed by atoms with E-state index in [4.69, 9.17) is 9.47 Å². The normalized spacial score (nSPS) is 18.6. The summed E-state index contributed by atoms with van der Waals surface area (Å²) >= 11 is 0. The molecule has 4 heteroatoms. The molecule has 0 spiro atoms. The van der Waals surface area contributed by atoms with Gasteiger partial charge in [0.1, 0.15) is 5.75 Å². The lowest BCUT2D eigenvalue weighted by atomic mass is 9.99. The van der Waals surface area contributed by atoms with Gasteiger partial charge in [-0.25, -0.2) is 0 Å². The highest BCUT2D eigenvalue weighted by Crippen LogP contribution is 2.20. The second-order valence-corrected chi connectivity index (χ2v) is 4.57. The summed E-state index contributed by atoms with van der Waals surface area (Å²) in [7, 11) is 1.66. The molecule has 1 atom stereocenters. The summed E-state index contributed by atoms with van der Waals surface area (Å²) < 4.78 is 10.5. The molecule has 1 heterocycles. The van der Waals surface area contributed by atoms with E-state index in [1.807, 2.05) is 24.3 Å². The molecule has 1 aromatic rings. The Balaban J connectivity index is 1.97. The fourth-order valence-corrected chi connectivity index (χ4v) is 2.24. The maximum Gasteiger partial charge on any atom is 0.118 e. The third kappa shape index (κ3) is 3.45. The Kier molecular flexibility index (Phi) is 4.99. The summed E-state index contributed by atoms with van der Waals surface area (Å²) in [6, 6.07) is 7.94. The Hall–Kier alpha value is -1.10. The van der Waals surface area contributed by atoms with Crippen molar-refractivity contribution in [3.05, 3.63) is 29.8 Å². The number of morpholine rings is 1. The van der Waals surface area contributed by atoms with Crippen LogP contribution in [0.2, 0.25) is 0 Å². The lowest BCUT2D eigenvalue weighted by Gasteiger charge is -2.30. The largest absolute Gasteiger partial charge is 0.497 e. The molecule has 0 aromatic heterocycles. The number of rotatable bonds is 5. The zero-order valence-electron chi connectivity index (χ0n) is 10.8. The number of benzene rings is 1. The van der Waals surface area contributed by atoms with Crippen molar-refractivity contribution in [2.75, 3.05) is 46.6 Å². The molecule has 100 valence electrons. The van der Waals surface area contributed by atoms with E-state index in [-0.39, 0.29) is 12.5 Å². The van der Waals surface area contributed by atoms with Crippen LogP contribution in [0.15, 0.2) is 24.3 Å². The molecular weight excluding hydrogens is 230 g/mol. The molecule has 1 aliphatic rings. The van der Waals surface area contributed by atoms with Gasteiger partial charge in [-0.05, 0) is 17.7 Å². The van der Waals surface area contributed by atoms with Gasteiger partial charge in [0.25, 0.3) is 0 Å². The van der Waals surface area contributed by atoms with Gasteiger partial charge in [-0.3, -0.25) is 4.90 Å². The van der Waals surface area contributed by atoms with Crippen molar-refractivity contribution in [1.82, 2.24) is 4.90 Å². The summed E-state index contributed by atoms with van der Waals surface area (Å²) in [5, 5.41) is 9.55. The van der Waals surface area contributed by atoms with E-state index in [0.29, 0.717) is 0 Å². The minimum atomic E-state index is 0.161. The predicted molar refractivity (Wildman–Crippen MR) is 70.1 cm³/mol. The van der Waals surface area contributed by atoms with Crippen molar-refractivity contribution in [3.8, 4) is 5.75 Å². The van der Waals surface area contributed by atoms with Crippen molar-refractivity contribution in [2.45, 2.75) is 5.92 Å². The molecule has 0 radical (unpaired) electrons. The average molecular weight is 251 g/mol. The highest BCUT2D eigenvalue weighted by Gasteiger charge is 2.17. The Morgan fingerprint density at radius 1 is 1.28 bits per heavy atom. The van der Waals surface area contributed by atoms with Crippen molar-refractivity contribution in [1.29, 1.82) is 0 Å². The van der Waals surface area contributed by atoms with Crippen LogP contribution >= 0.6 is 0 Å². The van der Waals surface area contributed by atoms with E-state index in [0.717, 1.165) is 44.2 Å². The highest BCUT2D eigenvalue weighted by molar-refractivity contribution is 5.29. The van der Waals surface area contributed by atoms with Gasteiger partial charge >= 0.3 is 0 Å². The van der Waals surface area contributed by atoms with Gasteiger partial charge < -0.3 is 14.6 Å². The van der Waals surface area contributed by atoms with Crippen molar-refractivity contribution in [2.24, 2.45) is 0 Å². The maximum atomic E-state index is 9.55. The molecule has 18 heavy (non-hydrogen) atoms. The standard InChI is InChI=1S/C14H21NO3/c1-17-14-4-2-12(3-5-14)13(11-16)10-15-6-8-18-9-7-15/h2-5,13,16H,6-11H2,1H3. The minimum Gasteiger partial charge on any atom is -0.497 e. The fraction of sp³-hybridized carbons (Fsp3) is 0.571. The van der Waals surface area contributed by atoms with Crippen LogP contribution in [-0.4, -0.2) is 56.6 Å². The van der Waals surface area contributed by atoms with Crippen molar-refractivity contribution in [3.63, 3.8) is 0 Å². The Morgan fingerprint density at radius 3 is 2.50 bits per heavy atom. The van der Waals surface area contributed by atoms with E-state index in [2.05, 4.69) is 4.90 Å². The van der Waals surface area contributed by atoms with Gasteiger partial charge in [-0.1, -0.05) is 12.1 Å². The van der Waals surface area contributed by atoms with Gasteiger partial charge in [-0.2, -0.15) is 0 Å². The van der Waals surface area contributed by atoms with Gasteiger partial charge in [0, 0.05) is 25.6 Å². The van der Waals surface area contributed by atoms with E-state index < -0.39 is 0 Å². The first-order valence-electron chi connectivity index (χ1n) is 6.38. The molecule has 1 unspecified atom stereocenters. The van der Waals surface area contributed by atoms with Gasteiger partial charge in [0.15, 0.2) is 0 Å². The van der Waals surface area contributed by atoms with Crippen LogP contribution in [0.3, 0.4) is 0 Å². The summed E-state index contributed by atoms with van der Waals surface area (Å²) in [6.07, 6.45) is 0. The van der Waals surface area contributed by atoms with Crippen LogP contribution in [0.25, 0.3) is 0 Å². The molecule has 1 fully saturated rings. The second-order valence-electron chi connectivity index (χ2n) is 4.57. The quantitative estimate of drug-likeness (QED) is 0.851. The lowest BCUT2D eigenvalue weighted by molar-refractivity contribution is 0.0319.